The van der Waals surface area contributed by atoms with E-state index >= 15 is 0 Å². The molecule has 0 saturated heterocycles. The number of carboxylic acids is 1. The molecular formula is C41H37Ir2N5O4-2. The maximum Gasteiger partial charge on any atom is 0.354 e. The van der Waals surface area contributed by atoms with Crippen molar-refractivity contribution in [3.63, 3.8) is 0 Å². The predicted molar refractivity (Wildman–Crippen MR) is 196 cm³/mol. The Morgan fingerprint density at radius 2 is 1.44 bits per heavy atom. The van der Waals surface area contributed by atoms with Crippen molar-refractivity contribution in [2.45, 2.75) is 13.8 Å². The monoisotopic (exact) mass is 1050 g/mol. The van der Waals surface area contributed by atoms with Crippen molar-refractivity contribution >= 4 is 22.5 Å². The quantitative estimate of drug-likeness (QED) is 0.101. The van der Waals surface area contributed by atoms with Gasteiger partial charge in [-0.05, 0) is 79.4 Å². The van der Waals surface area contributed by atoms with E-state index in [-0.39, 0.29) is 57.4 Å². The number of benzene rings is 2. The van der Waals surface area contributed by atoms with Crippen molar-refractivity contribution in [2.24, 2.45) is 14.1 Å². The molecule has 270 valence electrons. The first-order valence-electron chi connectivity index (χ1n) is 15.6. The summed E-state index contributed by atoms with van der Waals surface area (Å²) in [6.07, 6.45) is 15.5. The van der Waals surface area contributed by atoms with E-state index in [0.717, 1.165) is 28.1 Å². The number of aliphatic hydroxyl groups is 1. The second-order valence-electron chi connectivity index (χ2n) is 11.0. The number of aryl methyl sites for hydroxylation is 2. The van der Waals surface area contributed by atoms with Crippen molar-refractivity contribution in [3.8, 4) is 33.6 Å². The van der Waals surface area contributed by atoms with Crippen LogP contribution >= 0.6 is 0 Å². The van der Waals surface area contributed by atoms with Crippen LogP contribution in [-0.2, 0) is 59.1 Å². The van der Waals surface area contributed by atoms with Gasteiger partial charge >= 0.3 is 5.97 Å². The Bertz CT molecular complexity index is 2160. The summed E-state index contributed by atoms with van der Waals surface area (Å²) in [6.45, 7) is 2.85. The number of rotatable bonds is 5. The molecule has 0 amide bonds. The number of aromatic carboxylic acids is 1. The average molecular weight is 1050 g/mol. The fourth-order valence-electron chi connectivity index (χ4n) is 4.64. The number of ketones is 1. The number of hydrogen-bond donors (Lipinski definition) is 2. The van der Waals surface area contributed by atoms with E-state index < -0.39 is 5.97 Å². The summed E-state index contributed by atoms with van der Waals surface area (Å²) in [4.78, 5) is 32.7. The molecule has 0 aliphatic carbocycles. The average Bonchev–Trinajstić information content (AvgIpc) is 3.77. The van der Waals surface area contributed by atoms with Gasteiger partial charge in [0.05, 0.1) is 5.76 Å². The van der Waals surface area contributed by atoms with Crippen LogP contribution < -0.4 is 0 Å². The molecule has 0 atom stereocenters. The molecule has 52 heavy (non-hydrogen) atoms. The zero-order valence-electron chi connectivity index (χ0n) is 28.9. The number of carbonyl (C=O) groups is 2. The molecule has 0 aliphatic rings. The molecule has 0 aliphatic heterocycles. The Labute approximate surface area is 330 Å². The normalized spacial score (nSPS) is 10.0. The third kappa shape index (κ3) is 13.4. The summed E-state index contributed by atoms with van der Waals surface area (Å²) in [5.74, 6) is -1.05. The van der Waals surface area contributed by atoms with Crippen LogP contribution in [-0.4, -0.2) is 46.1 Å². The maximum atomic E-state index is 10.1. The van der Waals surface area contributed by atoms with Crippen LogP contribution in [0.5, 0.6) is 0 Å². The molecule has 9 nitrogen and oxygen atoms in total. The van der Waals surface area contributed by atoms with Crippen LogP contribution in [0.4, 0.5) is 0 Å². The van der Waals surface area contributed by atoms with Crippen molar-refractivity contribution in [2.75, 3.05) is 0 Å². The molecule has 2 aromatic carbocycles. The van der Waals surface area contributed by atoms with E-state index in [1.807, 2.05) is 103 Å². The van der Waals surface area contributed by atoms with Crippen LogP contribution in [0.1, 0.15) is 24.3 Å². The minimum Gasteiger partial charge on any atom is -0.512 e. The second kappa shape index (κ2) is 21.8. The van der Waals surface area contributed by atoms with Crippen LogP contribution in [0.2, 0.25) is 0 Å². The van der Waals surface area contributed by atoms with Crippen molar-refractivity contribution in [1.29, 1.82) is 0 Å². The molecule has 0 saturated carbocycles. The third-order valence-corrected chi connectivity index (χ3v) is 6.89. The molecule has 5 heterocycles. The first-order valence-corrected chi connectivity index (χ1v) is 15.6. The number of allylic oxidation sites excluding steroid dienone is 2. The van der Waals surface area contributed by atoms with Crippen molar-refractivity contribution in [3.05, 3.63) is 164 Å². The Balaban J connectivity index is 0.000000253. The minimum atomic E-state index is -0.990. The van der Waals surface area contributed by atoms with Gasteiger partial charge < -0.3 is 29.3 Å². The van der Waals surface area contributed by atoms with Crippen LogP contribution in [0.3, 0.4) is 0 Å². The zero-order chi connectivity index (χ0) is 35.9. The molecule has 0 fully saturated rings. The van der Waals surface area contributed by atoms with Crippen molar-refractivity contribution < 1.29 is 60.0 Å². The first-order chi connectivity index (χ1) is 24.1. The number of carbonyl (C=O) groups excluding carboxylic acids is 1. The molecular weight excluding hydrogens is 1010 g/mol. The topological polar surface area (TPSA) is 123 Å². The molecule has 7 aromatic rings. The molecule has 5 aromatic heterocycles. The summed E-state index contributed by atoms with van der Waals surface area (Å²) in [6, 6.07) is 34.7. The standard InChI is InChI=1S/C16H13N2.C14H11N2.C6H5NO2.C5H8O2.2Ir/c1-18-10-9-15(12-18)16-8-7-14(11-17-16)13-5-3-2-4-6-13;1-16-9-7-12(10-16)14-13-5-3-2-4-11(13)6-8-15-14;8-6(9)5-3-1-2-4-7-5;1-4(6)3-5(2)7;;/h2-11H,1H3;2-6,8-10H,1H3;1-4H,(H,8,9);3,6H,1-2H3;;/q2*-1;;;;. The molecule has 0 spiro atoms. The van der Waals surface area contributed by atoms with E-state index in [1.54, 1.807) is 12.1 Å². The van der Waals surface area contributed by atoms with Gasteiger partial charge in [0.25, 0.3) is 0 Å². The van der Waals surface area contributed by atoms with E-state index in [4.69, 9.17) is 10.2 Å². The second-order valence-corrected chi connectivity index (χ2v) is 11.0. The number of pyridine rings is 3. The van der Waals surface area contributed by atoms with E-state index in [9.17, 15) is 9.59 Å². The minimum absolute atomic E-state index is 0. The zero-order valence-corrected chi connectivity index (χ0v) is 33.7. The molecule has 0 bridgehead atoms. The van der Waals surface area contributed by atoms with Gasteiger partial charge in [0.1, 0.15) is 5.69 Å². The van der Waals surface area contributed by atoms with Crippen LogP contribution in [0, 0.1) is 12.3 Å². The predicted octanol–water partition coefficient (Wildman–Crippen LogP) is 8.41. The van der Waals surface area contributed by atoms with E-state index in [2.05, 4.69) is 57.5 Å². The number of carboxylic acid groups (broad SMARTS) is 1. The van der Waals surface area contributed by atoms with E-state index in [0.29, 0.717) is 0 Å². The maximum absolute atomic E-state index is 10.1. The van der Waals surface area contributed by atoms with Gasteiger partial charge in [0.2, 0.25) is 0 Å². The van der Waals surface area contributed by atoms with Gasteiger partial charge in [0.15, 0.2) is 5.78 Å². The molecule has 0 unspecified atom stereocenters. The summed E-state index contributed by atoms with van der Waals surface area (Å²) < 4.78 is 3.89. The summed E-state index contributed by atoms with van der Waals surface area (Å²) in [5, 5.41) is 19.1. The largest absolute Gasteiger partial charge is 0.512 e. The van der Waals surface area contributed by atoms with Gasteiger partial charge in [-0.15, -0.1) is 17.3 Å². The van der Waals surface area contributed by atoms with Gasteiger partial charge in [-0.25, -0.2) is 9.78 Å². The SMILES string of the molecule is CC(=O)C=C(C)O.Cn1[c-]c(-c2ccc(-c3ccccc3)cn2)cc1.Cn1c[c-]c(-c2nccc3ccccc23)c1.O=C(O)c1ccccn1.[Ir].[Ir]. The van der Waals surface area contributed by atoms with E-state index in [1.165, 1.54) is 48.5 Å². The summed E-state index contributed by atoms with van der Waals surface area (Å²) in [7, 11) is 3.95. The number of fused-ring (bicyclic) bond motifs is 1. The number of hydrogen-bond acceptors (Lipinski definition) is 6. The Hall–Kier alpha value is -5.31. The van der Waals surface area contributed by atoms with Gasteiger partial charge in [-0.1, -0.05) is 91.4 Å². The summed E-state index contributed by atoms with van der Waals surface area (Å²) in [5.41, 5.74) is 6.42. The first kappa shape index (κ1) is 42.9. The van der Waals surface area contributed by atoms with Gasteiger partial charge in [0, 0.05) is 64.9 Å². The Morgan fingerprint density at radius 3 is 1.96 bits per heavy atom. The molecule has 2 N–H and O–H groups in total. The number of nitrogens with zero attached hydrogens (tertiary/aromatic N) is 5. The third-order valence-electron chi connectivity index (χ3n) is 6.89. The number of aliphatic hydroxyl groups excluding tert-OH is 1. The van der Waals surface area contributed by atoms with Crippen LogP contribution in [0.15, 0.2) is 146 Å². The Morgan fingerprint density at radius 1 is 0.731 bits per heavy atom. The molecule has 7 rings (SSSR count). The van der Waals surface area contributed by atoms with Gasteiger partial charge in [-0.2, -0.15) is 12.1 Å². The molecule has 11 heteroatoms. The van der Waals surface area contributed by atoms with Crippen molar-refractivity contribution in [1.82, 2.24) is 24.1 Å². The fraction of sp³-hybridized carbons (Fsp3) is 0.0976. The van der Waals surface area contributed by atoms with Gasteiger partial charge in [-0.3, -0.25) is 4.79 Å². The Kier molecular flexibility index (Phi) is 18.0. The van der Waals surface area contributed by atoms with Crippen LogP contribution in [0.25, 0.3) is 44.4 Å². The number of aromatic nitrogens is 5. The molecule has 2 radical (unpaired) electrons. The smallest absolute Gasteiger partial charge is 0.354 e. The fourth-order valence-corrected chi connectivity index (χ4v) is 4.64. The summed E-state index contributed by atoms with van der Waals surface area (Å²) >= 11 is 0.